The van der Waals surface area contributed by atoms with E-state index in [1.54, 1.807) is 43.4 Å². The first-order valence-corrected chi connectivity index (χ1v) is 11.8. The molecule has 1 unspecified atom stereocenters. The summed E-state index contributed by atoms with van der Waals surface area (Å²) < 4.78 is 15.1. The summed E-state index contributed by atoms with van der Waals surface area (Å²) in [6, 6.07) is 20.3. The van der Waals surface area contributed by atoms with E-state index in [-0.39, 0.29) is 28.9 Å². The second kappa shape index (κ2) is 9.73. The van der Waals surface area contributed by atoms with Gasteiger partial charge in [0.2, 0.25) is 0 Å². The van der Waals surface area contributed by atoms with Crippen molar-refractivity contribution < 1.29 is 9.50 Å². The van der Waals surface area contributed by atoms with Crippen molar-refractivity contribution in [2.75, 3.05) is 31.1 Å². The zero-order chi connectivity index (χ0) is 26.1. The normalized spacial score (nSPS) is 14.8. The Bertz CT molecular complexity index is 1630. The van der Waals surface area contributed by atoms with Gasteiger partial charge in [0.05, 0.1) is 17.2 Å². The van der Waals surface area contributed by atoms with E-state index in [4.69, 9.17) is 0 Å². The summed E-state index contributed by atoms with van der Waals surface area (Å²) >= 11 is 0. The van der Waals surface area contributed by atoms with E-state index in [2.05, 4.69) is 9.88 Å². The Balaban J connectivity index is 1.54. The fraction of sp³-hybridized carbons (Fsp3) is 0.214. The van der Waals surface area contributed by atoms with E-state index in [1.165, 1.54) is 16.7 Å². The summed E-state index contributed by atoms with van der Waals surface area (Å²) in [5.41, 5.74) is 2.72. The van der Waals surface area contributed by atoms with Crippen LogP contribution >= 0.6 is 0 Å². The van der Waals surface area contributed by atoms with Crippen molar-refractivity contribution in [3.63, 3.8) is 0 Å². The molecule has 1 N–H and O–H groups in total. The molecule has 0 bridgehead atoms. The molecule has 9 heteroatoms. The number of phenolic OH excluding ortho intramolecular Hbond substituents is 1. The van der Waals surface area contributed by atoms with Crippen LogP contribution in [0.2, 0.25) is 0 Å². The number of piperazine rings is 1. The van der Waals surface area contributed by atoms with Crippen LogP contribution in [0.3, 0.4) is 0 Å². The molecule has 184 valence electrons. The summed E-state index contributed by atoms with van der Waals surface area (Å²) in [4.78, 5) is 21.6. The summed E-state index contributed by atoms with van der Waals surface area (Å²) in [6.45, 7) is 2.02. The lowest BCUT2D eigenvalue weighted by atomic mass is 9.95. The van der Waals surface area contributed by atoms with Crippen molar-refractivity contribution in [2.45, 2.75) is 6.04 Å². The van der Waals surface area contributed by atoms with Gasteiger partial charge in [-0.05, 0) is 35.9 Å². The van der Waals surface area contributed by atoms with Crippen LogP contribution in [0.25, 0.3) is 11.0 Å². The molecule has 2 aromatic carbocycles. The van der Waals surface area contributed by atoms with Gasteiger partial charge in [-0.1, -0.05) is 30.3 Å². The molecular weight excluding hydrogens is 471 g/mol. The summed E-state index contributed by atoms with van der Waals surface area (Å²) in [5, 5.41) is 29.9. The largest absolute Gasteiger partial charge is 0.508 e. The molecule has 0 spiro atoms. The van der Waals surface area contributed by atoms with Gasteiger partial charge in [-0.15, -0.1) is 0 Å². The van der Waals surface area contributed by atoms with Gasteiger partial charge >= 0.3 is 0 Å². The molecule has 1 aliphatic heterocycles. The third kappa shape index (κ3) is 4.26. The number of phenols is 1. The van der Waals surface area contributed by atoms with Crippen LogP contribution in [0.4, 0.5) is 10.1 Å². The summed E-state index contributed by atoms with van der Waals surface area (Å²) in [5.74, 6) is -0.188. The second-order valence-corrected chi connectivity index (χ2v) is 8.91. The molecule has 1 saturated heterocycles. The van der Waals surface area contributed by atoms with Crippen molar-refractivity contribution in [3.8, 4) is 17.9 Å². The number of benzene rings is 2. The van der Waals surface area contributed by atoms with Crippen LogP contribution in [0.15, 0.2) is 65.5 Å². The first-order valence-electron chi connectivity index (χ1n) is 11.8. The molecule has 4 aromatic rings. The van der Waals surface area contributed by atoms with Crippen molar-refractivity contribution in [2.24, 2.45) is 7.05 Å². The van der Waals surface area contributed by atoms with E-state index < -0.39 is 5.56 Å². The average molecular weight is 495 g/mol. The predicted molar refractivity (Wildman–Crippen MR) is 137 cm³/mol. The lowest BCUT2D eigenvalue weighted by Gasteiger charge is -2.41. The average Bonchev–Trinajstić information content (AvgIpc) is 2.93. The highest BCUT2D eigenvalue weighted by atomic mass is 19.1. The van der Waals surface area contributed by atoms with Crippen molar-refractivity contribution in [1.82, 2.24) is 14.5 Å². The Morgan fingerprint density at radius 3 is 2.32 bits per heavy atom. The smallest absolute Gasteiger partial charge is 0.270 e. The molecule has 1 fully saturated rings. The molecule has 5 rings (SSSR count). The number of pyridine rings is 2. The lowest BCUT2D eigenvalue weighted by Crippen LogP contribution is -2.48. The molecule has 37 heavy (non-hydrogen) atoms. The Kier molecular flexibility index (Phi) is 6.31. The Hall–Kier alpha value is -4.73. The SMILES string of the molecule is Cn1c(=O)c(C#N)c(N2CCN(C(c3ccc(F)cc3)c3ccccc3O)CC2)c2nc(C#N)ccc21. The van der Waals surface area contributed by atoms with Gasteiger partial charge < -0.3 is 14.6 Å². The number of hydrogen-bond acceptors (Lipinski definition) is 7. The molecule has 0 radical (unpaired) electrons. The van der Waals surface area contributed by atoms with Crippen molar-refractivity contribution in [1.29, 1.82) is 10.5 Å². The zero-order valence-electron chi connectivity index (χ0n) is 20.1. The minimum absolute atomic E-state index is 0.0122. The maximum Gasteiger partial charge on any atom is 0.270 e. The monoisotopic (exact) mass is 494 g/mol. The molecule has 8 nitrogen and oxygen atoms in total. The van der Waals surface area contributed by atoms with Gasteiger partial charge in [-0.25, -0.2) is 9.37 Å². The number of aromatic hydroxyl groups is 1. The van der Waals surface area contributed by atoms with Crippen LogP contribution in [0, 0.1) is 28.5 Å². The molecular formula is C28H23FN6O2. The fourth-order valence-electron chi connectivity index (χ4n) is 5.02. The van der Waals surface area contributed by atoms with E-state index in [1.807, 2.05) is 29.2 Å². The number of nitriles is 2. The number of rotatable bonds is 4. The van der Waals surface area contributed by atoms with Crippen molar-refractivity contribution in [3.05, 3.63) is 99.2 Å². The highest BCUT2D eigenvalue weighted by Gasteiger charge is 2.31. The Morgan fingerprint density at radius 1 is 0.973 bits per heavy atom. The minimum atomic E-state index is -0.419. The Labute approximate surface area is 212 Å². The van der Waals surface area contributed by atoms with E-state index in [0.29, 0.717) is 48.5 Å². The summed E-state index contributed by atoms with van der Waals surface area (Å²) in [6.07, 6.45) is 0. The highest BCUT2D eigenvalue weighted by molar-refractivity contribution is 5.92. The number of nitrogens with zero attached hydrogens (tertiary/aromatic N) is 6. The fourth-order valence-corrected chi connectivity index (χ4v) is 5.02. The van der Waals surface area contributed by atoms with Gasteiger partial charge in [-0.3, -0.25) is 9.69 Å². The molecule has 0 amide bonds. The van der Waals surface area contributed by atoms with E-state index >= 15 is 0 Å². The van der Waals surface area contributed by atoms with E-state index in [0.717, 1.165) is 5.56 Å². The van der Waals surface area contributed by atoms with Crippen LogP contribution in [-0.2, 0) is 7.05 Å². The quantitative estimate of drug-likeness (QED) is 0.463. The highest BCUT2D eigenvalue weighted by Crippen LogP contribution is 2.36. The predicted octanol–water partition coefficient (Wildman–Crippen LogP) is 3.43. The number of anilines is 1. The number of hydrogen-bond donors (Lipinski definition) is 1. The first-order chi connectivity index (χ1) is 17.9. The topological polar surface area (TPSA) is 109 Å². The standard InChI is InChI=1S/C28H23FN6O2/c1-33-23-11-10-20(16-30)32-25(23)27(22(17-31)28(33)37)35-14-12-34(13-15-35)26(18-6-8-19(29)9-7-18)21-4-2-3-5-24(21)36/h2-11,26,36H,12-15H2,1H3. The molecule has 3 heterocycles. The minimum Gasteiger partial charge on any atom is -0.508 e. The van der Waals surface area contributed by atoms with Crippen molar-refractivity contribution >= 4 is 16.7 Å². The van der Waals surface area contributed by atoms with E-state index in [9.17, 15) is 24.8 Å². The van der Waals surface area contributed by atoms with Crippen LogP contribution in [0.1, 0.15) is 28.4 Å². The number of aryl methyl sites for hydroxylation is 1. The van der Waals surface area contributed by atoms with Crippen LogP contribution in [0.5, 0.6) is 5.75 Å². The number of para-hydroxylation sites is 1. The molecule has 1 atom stereocenters. The second-order valence-electron chi connectivity index (χ2n) is 8.91. The zero-order valence-corrected chi connectivity index (χ0v) is 20.1. The molecule has 2 aromatic heterocycles. The van der Waals surface area contributed by atoms with Crippen LogP contribution < -0.4 is 10.5 Å². The lowest BCUT2D eigenvalue weighted by molar-refractivity contribution is 0.209. The maximum atomic E-state index is 13.7. The van der Waals surface area contributed by atoms with Gasteiger partial charge in [0.15, 0.2) is 0 Å². The Morgan fingerprint density at radius 2 is 1.68 bits per heavy atom. The number of halogens is 1. The molecule has 0 saturated carbocycles. The number of aromatic nitrogens is 2. The van der Waals surface area contributed by atoms with Crippen LogP contribution in [-0.4, -0.2) is 45.7 Å². The number of fused-ring (bicyclic) bond motifs is 1. The molecule has 0 aliphatic carbocycles. The third-order valence-corrected chi connectivity index (χ3v) is 6.85. The maximum absolute atomic E-state index is 13.7. The molecule has 1 aliphatic rings. The summed E-state index contributed by atoms with van der Waals surface area (Å²) in [7, 11) is 1.58. The van der Waals surface area contributed by atoms with Gasteiger partial charge in [0.25, 0.3) is 5.56 Å². The van der Waals surface area contributed by atoms with Gasteiger partial charge in [0.1, 0.15) is 40.5 Å². The van der Waals surface area contributed by atoms with Gasteiger partial charge in [0, 0.05) is 38.8 Å². The third-order valence-electron chi connectivity index (χ3n) is 6.85. The van der Waals surface area contributed by atoms with Gasteiger partial charge in [-0.2, -0.15) is 10.5 Å². The first kappa shape index (κ1) is 24.0.